The average molecular weight is 273 g/mol. The number of Topliss-reactive ketones (excluding diaryl/α,β-unsaturated/α-hetero) is 1. The van der Waals surface area contributed by atoms with Crippen LogP contribution in [0.2, 0.25) is 0 Å². The predicted molar refractivity (Wildman–Crippen MR) is 72.0 cm³/mol. The van der Waals surface area contributed by atoms with Crippen molar-refractivity contribution in [3.05, 3.63) is 59.9 Å². The molecule has 0 aliphatic carbocycles. The molecule has 0 radical (unpaired) electrons. The average Bonchev–Trinajstić information content (AvgIpc) is 2.95. The largest absolute Gasteiger partial charge is 0.463 e. The molecule has 1 heterocycles. The molecule has 1 aromatic carbocycles. The van der Waals surface area contributed by atoms with Gasteiger partial charge in [-0.25, -0.2) is 4.79 Å². The van der Waals surface area contributed by atoms with Crippen LogP contribution >= 0.6 is 0 Å². The van der Waals surface area contributed by atoms with Crippen LogP contribution in [-0.4, -0.2) is 23.4 Å². The number of ketones is 1. The molecule has 5 nitrogen and oxygen atoms in total. The molecule has 0 bridgehead atoms. The Morgan fingerprint density at radius 2 is 1.85 bits per heavy atom. The van der Waals surface area contributed by atoms with Crippen LogP contribution in [-0.2, 0) is 27.6 Å². The molecule has 0 N–H and O–H groups in total. The summed E-state index contributed by atoms with van der Waals surface area (Å²) in [5.74, 6) is -1.56. The van der Waals surface area contributed by atoms with E-state index in [9.17, 15) is 9.59 Å². The molecule has 0 atom stereocenters. The highest BCUT2D eigenvalue weighted by Gasteiger charge is 2.19. The zero-order valence-electron chi connectivity index (χ0n) is 11.1. The maximum atomic E-state index is 11.7. The van der Waals surface area contributed by atoms with Crippen molar-refractivity contribution < 1.29 is 19.1 Å². The second-order valence-electron chi connectivity index (χ2n) is 4.15. The summed E-state index contributed by atoms with van der Waals surface area (Å²) in [6, 6.07) is 12.9. The van der Waals surface area contributed by atoms with Gasteiger partial charge in [0.15, 0.2) is 0 Å². The van der Waals surface area contributed by atoms with Crippen LogP contribution in [0.3, 0.4) is 0 Å². The highest BCUT2D eigenvalue weighted by Crippen LogP contribution is 2.07. The number of nitrogens with zero attached hydrogens (tertiary/aromatic N) is 1. The van der Waals surface area contributed by atoms with E-state index < -0.39 is 11.8 Å². The van der Waals surface area contributed by atoms with E-state index in [0.29, 0.717) is 6.61 Å². The molecule has 0 fully saturated rings. The molecule has 2 rings (SSSR count). The SMILES string of the molecule is COC(=O)C(=O)c1cccn1COCc1ccccc1. The third-order valence-electron chi connectivity index (χ3n) is 2.77. The summed E-state index contributed by atoms with van der Waals surface area (Å²) in [5.41, 5.74) is 1.30. The van der Waals surface area contributed by atoms with Gasteiger partial charge in [0.05, 0.1) is 19.4 Å². The van der Waals surface area contributed by atoms with Gasteiger partial charge in [0, 0.05) is 6.20 Å². The molecule has 0 amide bonds. The fourth-order valence-electron chi connectivity index (χ4n) is 1.77. The lowest BCUT2D eigenvalue weighted by Crippen LogP contribution is -2.20. The number of benzene rings is 1. The second kappa shape index (κ2) is 6.68. The lowest BCUT2D eigenvalue weighted by molar-refractivity contribution is -0.135. The minimum absolute atomic E-state index is 0.194. The first-order chi connectivity index (χ1) is 9.72. The molecule has 5 heteroatoms. The minimum atomic E-state index is -0.881. The first-order valence-electron chi connectivity index (χ1n) is 6.12. The first kappa shape index (κ1) is 14.0. The lowest BCUT2D eigenvalue weighted by atomic mass is 10.2. The summed E-state index contributed by atoms with van der Waals surface area (Å²) < 4.78 is 11.5. The Hall–Kier alpha value is -2.40. The number of esters is 1. The van der Waals surface area contributed by atoms with Gasteiger partial charge >= 0.3 is 5.97 Å². The number of carbonyl (C=O) groups is 2. The minimum Gasteiger partial charge on any atom is -0.463 e. The van der Waals surface area contributed by atoms with E-state index in [1.807, 2.05) is 30.3 Å². The Morgan fingerprint density at radius 1 is 1.10 bits per heavy atom. The van der Waals surface area contributed by atoms with Crippen molar-refractivity contribution in [2.24, 2.45) is 0 Å². The van der Waals surface area contributed by atoms with Crippen molar-refractivity contribution in [1.82, 2.24) is 4.57 Å². The van der Waals surface area contributed by atoms with Crippen molar-refractivity contribution >= 4 is 11.8 Å². The van der Waals surface area contributed by atoms with E-state index in [-0.39, 0.29) is 12.4 Å². The van der Waals surface area contributed by atoms with E-state index in [1.165, 1.54) is 7.11 Å². The van der Waals surface area contributed by atoms with Crippen molar-refractivity contribution in [1.29, 1.82) is 0 Å². The van der Waals surface area contributed by atoms with Crippen molar-refractivity contribution in [3.8, 4) is 0 Å². The van der Waals surface area contributed by atoms with E-state index in [0.717, 1.165) is 5.56 Å². The number of hydrogen-bond acceptors (Lipinski definition) is 4. The normalized spacial score (nSPS) is 10.2. The fourth-order valence-corrected chi connectivity index (χ4v) is 1.77. The third kappa shape index (κ3) is 3.33. The maximum absolute atomic E-state index is 11.7. The molecule has 104 valence electrons. The summed E-state index contributed by atoms with van der Waals surface area (Å²) in [7, 11) is 1.18. The molecule has 0 aliphatic heterocycles. The van der Waals surface area contributed by atoms with Crippen LogP contribution < -0.4 is 0 Å². The zero-order valence-corrected chi connectivity index (χ0v) is 11.1. The fraction of sp³-hybridized carbons (Fsp3) is 0.200. The van der Waals surface area contributed by atoms with Gasteiger partial charge in [-0.15, -0.1) is 0 Å². The summed E-state index contributed by atoms with van der Waals surface area (Å²) in [6.07, 6.45) is 1.68. The molecule has 0 spiro atoms. The first-order valence-corrected chi connectivity index (χ1v) is 6.12. The van der Waals surface area contributed by atoms with Gasteiger partial charge in [-0.2, -0.15) is 0 Å². The van der Waals surface area contributed by atoms with Crippen LogP contribution in [0.25, 0.3) is 0 Å². The molecule has 2 aromatic rings. The van der Waals surface area contributed by atoms with Crippen molar-refractivity contribution in [2.75, 3.05) is 7.11 Å². The number of methoxy groups -OCH3 is 1. The van der Waals surface area contributed by atoms with Gasteiger partial charge in [0.1, 0.15) is 6.73 Å². The summed E-state index contributed by atoms with van der Waals surface area (Å²) in [4.78, 5) is 23.0. The summed E-state index contributed by atoms with van der Waals surface area (Å²) >= 11 is 0. The van der Waals surface area contributed by atoms with E-state index in [1.54, 1.807) is 22.9 Å². The number of carbonyl (C=O) groups excluding carboxylic acids is 2. The number of ether oxygens (including phenoxy) is 2. The number of rotatable bonds is 6. The van der Waals surface area contributed by atoms with Gasteiger partial charge in [-0.3, -0.25) is 4.79 Å². The maximum Gasteiger partial charge on any atom is 0.381 e. The van der Waals surface area contributed by atoms with Crippen LogP contribution in [0, 0.1) is 0 Å². The van der Waals surface area contributed by atoms with Crippen molar-refractivity contribution in [2.45, 2.75) is 13.3 Å². The van der Waals surface area contributed by atoms with Crippen LogP contribution in [0.15, 0.2) is 48.7 Å². The Morgan fingerprint density at radius 3 is 2.55 bits per heavy atom. The third-order valence-corrected chi connectivity index (χ3v) is 2.77. The van der Waals surface area contributed by atoms with E-state index >= 15 is 0 Å². The quantitative estimate of drug-likeness (QED) is 0.459. The molecule has 0 aliphatic rings. The van der Waals surface area contributed by atoms with Gasteiger partial charge in [-0.05, 0) is 17.7 Å². The lowest BCUT2D eigenvalue weighted by Gasteiger charge is -2.08. The van der Waals surface area contributed by atoms with E-state index in [4.69, 9.17) is 4.74 Å². The Kier molecular flexibility index (Phi) is 4.68. The van der Waals surface area contributed by atoms with Crippen LogP contribution in [0.4, 0.5) is 0 Å². The van der Waals surface area contributed by atoms with Gasteiger partial charge in [-0.1, -0.05) is 30.3 Å². The summed E-state index contributed by atoms with van der Waals surface area (Å²) in [6.45, 7) is 0.630. The monoisotopic (exact) mass is 273 g/mol. The van der Waals surface area contributed by atoms with E-state index in [2.05, 4.69) is 4.74 Å². The van der Waals surface area contributed by atoms with Crippen LogP contribution in [0.1, 0.15) is 16.1 Å². The Labute approximate surface area is 116 Å². The standard InChI is InChI=1S/C15H15NO4/c1-19-15(18)14(17)13-8-5-9-16(13)11-20-10-12-6-3-2-4-7-12/h2-9H,10-11H2,1H3. The van der Waals surface area contributed by atoms with Gasteiger partial charge < -0.3 is 14.0 Å². The number of hydrogen-bond donors (Lipinski definition) is 0. The molecule has 20 heavy (non-hydrogen) atoms. The topological polar surface area (TPSA) is 57.5 Å². The second-order valence-corrected chi connectivity index (χ2v) is 4.15. The number of aromatic nitrogens is 1. The zero-order chi connectivity index (χ0) is 14.4. The van der Waals surface area contributed by atoms with Gasteiger partial charge in [0.2, 0.25) is 0 Å². The summed E-state index contributed by atoms with van der Waals surface area (Å²) in [5, 5.41) is 0. The smallest absolute Gasteiger partial charge is 0.381 e. The Balaban J connectivity index is 1.96. The van der Waals surface area contributed by atoms with Crippen molar-refractivity contribution in [3.63, 3.8) is 0 Å². The highest BCUT2D eigenvalue weighted by atomic mass is 16.5. The molecule has 0 unspecified atom stereocenters. The van der Waals surface area contributed by atoms with Crippen LogP contribution in [0.5, 0.6) is 0 Å². The molecular weight excluding hydrogens is 258 g/mol. The predicted octanol–water partition coefficient (Wildman–Crippen LogP) is 2.02. The van der Waals surface area contributed by atoms with Gasteiger partial charge in [0.25, 0.3) is 5.78 Å². The molecular formula is C15H15NO4. The molecule has 0 saturated heterocycles. The Bertz CT molecular complexity index is 589. The highest BCUT2D eigenvalue weighted by molar-refractivity contribution is 6.40. The molecule has 1 aromatic heterocycles. The molecule has 0 saturated carbocycles.